The van der Waals surface area contributed by atoms with Gasteiger partial charge in [0.1, 0.15) is 11.6 Å². The number of nitrogen functional groups attached to an aromatic ring is 1. The first kappa shape index (κ1) is 17.2. The predicted octanol–water partition coefficient (Wildman–Crippen LogP) is 2.91. The van der Waals surface area contributed by atoms with E-state index in [-0.39, 0.29) is 23.2 Å². The number of furan rings is 1. The van der Waals surface area contributed by atoms with Gasteiger partial charge in [0.25, 0.3) is 5.91 Å². The van der Waals surface area contributed by atoms with Gasteiger partial charge in [-0.25, -0.2) is 4.98 Å². The van der Waals surface area contributed by atoms with Crippen molar-refractivity contribution in [3.8, 4) is 22.6 Å². The zero-order valence-corrected chi connectivity index (χ0v) is 14.4. The Morgan fingerprint density at radius 3 is 2.46 bits per heavy atom. The number of nitrogens with two attached hydrogens (primary N) is 1. The average Bonchev–Trinajstić information content (AvgIpc) is 3.15. The van der Waals surface area contributed by atoms with Crippen molar-refractivity contribution in [3.63, 3.8) is 0 Å². The highest BCUT2D eigenvalue weighted by Gasteiger charge is 2.20. The molecule has 0 aliphatic carbocycles. The number of anilines is 2. The molecule has 2 heterocycles. The quantitative estimate of drug-likeness (QED) is 0.670. The fraction of sp³-hybridized carbons (Fsp3) is 0.105. The molecule has 0 spiro atoms. The van der Waals surface area contributed by atoms with Gasteiger partial charge in [-0.2, -0.15) is 0 Å². The van der Waals surface area contributed by atoms with E-state index in [1.807, 2.05) is 12.1 Å². The molecule has 7 heteroatoms. The van der Waals surface area contributed by atoms with E-state index < -0.39 is 0 Å². The number of pyridine rings is 1. The Hall–Kier alpha value is -3.61. The molecule has 0 unspecified atom stereocenters. The summed E-state index contributed by atoms with van der Waals surface area (Å²) >= 11 is 0. The lowest BCUT2D eigenvalue weighted by Gasteiger charge is -2.12. The number of benzene rings is 1. The highest BCUT2D eigenvalue weighted by Crippen LogP contribution is 2.32. The van der Waals surface area contributed by atoms with Crippen molar-refractivity contribution >= 4 is 23.3 Å². The van der Waals surface area contributed by atoms with E-state index in [4.69, 9.17) is 10.2 Å². The summed E-state index contributed by atoms with van der Waals surface area (Å²) in [5, 5.41) is 5.28. The Morgan fingerprint density at radius 2 is 1.88 bits per heavy atom. The van der Waals surface area contributed by atoms with E-state index >= 15 is 0 Å². The van der Waals surface area contributed by atoms with Crippen LogP contribution in [0, 0.1) is 0 Å². The van der Waals surface area contributed by atoms with Crippen LogP contribution < -0.4 is 16.4 Å². The molecule has 3 rings (SSSR count). The van der Waals surface area contributed by atoms with Gasteiger partial charge in [0.15, 0.2) is 0 Å². The van der Waals surface area contributed by atoms with E-state index in [0.29, 0.717) is 22.7 Å². The van der Waals surface area contributed by atoms with Crippen LogP contribution in [0.5, 0.6) is 0 Å². The Kier molecular flexibility index (Phi) is 4.70. The second-order valence-corrected chi connectivity index (χ2v) is 5.63. The molecule has 0 fully saturated rings. The molecule has 0 aliphatic heterocycles. The first-order chi connectivity index (χ1) is 12.5. The minimum atomic E-state index is -0.339. The number of amides is 2. The monoisotopic (exact) mass is 350 g/mol. The molecule has 3 aromatic rings. The van der Waals surface area contributed by atoms with Gasteiger partial charge in [0, 0.05) is 30.8 Å². The maximum atomic E-state index is 12.2. The fourth-order valence-electron chi connectivity index (χ4n) is 2.63. The number of carbonyl (C=O) groups excluding carboxylic acids is 2. The molecular formula is C19H18N4O3. The third-order valence-corrected chi connectivity index (χ3v) is 3.79. The molecule has 1 aromatic carbocycles. The van der Waals surface area contributed by atoms with Crippen molar-refractivity contribution in [3.05, 3.63) is 54.3 Å². The molecule has 2 aromatic heterocycles. The molecule has 0 saturated heterocycles. The fourth-order valence-corrected chi connectivity index (χ4v) is 2.63. The van der Waals surface area contributed by atoms with Crippen molar-refractivity contribution in [2.45, 2.75) is 6.92 Å². The molecule has 0 aliphatic rings. The highest BCUT2D eigenvalue weighted by atomic mass is 16.3. The van der Waals surface area contributed by atoms with E-state index in [0.717, 1.165) is 5.56 Å². The van der Waals surface area contributed by atoms with Crippen LogP contribution >= 0.6 is 0 Å². The smallest absolute Gasteiger partial charge is 0.255 e. The number of carbonyl (C=O) groups is 2. The predicted molar refractivity (Wildman–Crippen MR) is 99.5 cm³/mol. The number of nitrogens with zero attached hydrogens (tertiary/aromatic N) is 1. The lowest BCUT2D eigenvalue weighted by Crippen LogP contribution is -2.21. The Bertz CT molecular complexity index is 948. The maximum Gasteiger partial charge on any atom is 0.255 e. The van der Waals surface area contributed by atoms with Crippen LogP contribution in [0.25, 0.3) is 22.6 Å². The van der Waals surface area contributed by atoms with E-state index in [2.05, 4.69) is 15.6 Å². The minimum Gasteiger partial charge on any atom is -0.464 e. The van der Waals surface area contributed by atoms with Gasteiger partial charge in [0.05, 0.1) is 17.5 Å². The SMILES string of the molecule is CNC(=O)c1c(-c2ccco2)cc(-c2ccc(NC(C)=O)cc2)nc1N. The summed E-state index contributed by atoms with van der Waals surface area (Å²) in [6.07, 6.45) is 1.53. The van der Waals surface area contributed by atoms with Crippen LogP contribution in [-0.2, 0) is 4.79 Å². The zero-order valence-electron chi connectivity index (χ0n) is 14.4. The van der Waals surface area contributed by atoms with Gasteiger partial charge in [-0.05, 0) is 30.3 Å². The number of rotatable bonds is 4. The van der Waals surface area contributed by atoms with E-state index in [9.17, 15) is 9.59 Å². The molecule has 4 N–H and O–H groups in total. The van der Waals surface area contributed by atoms with Gasteiger partial charge in [-0.15, -0.1) is 0 Å². The van der Waals surface area contributed by atoms with Crippen LogP contribution in [0.15, 0.2) is 53.1 Å². The number of aromatic nitrogens is 1. The van der Waals surface area contributed by atoms with E-state index in [1.54, 1.807) is 30.3 Å². The number of nitrogens with one attached hydrogen (secondary N) is 2. The summed E-state index contributed by atoms with van der Waals surface area (Å²) in [5.74, 6) is 0.150. The lowest BCUT2D eigenvalue weighted by atomic mass is 10.0. The molecule has 0 radical (unpaired) electrons. The van der Waals surface area contributed by atoms with E-state index in [1.165, 1.54) is 20.2 Å². The third kappa shape index (κ3) is 3.41. The second-order valence-electron chi connectivity index (χ2n) is 5.63. The Balaban J connectivity index is 2.09. The normalized spacial score (nSPS) is 10.4. The number of hydrogen-bond acceptors (Lipinski definition) is 5. The van der Waals surface area contributed by atoms with Crippen LogP contribution in [0.3, 0.4) is 0 Å². The third-order valence-electron chi connectivity index (χ3n) is 3.79. The molecule has 0 saturated carbocycles. The van der Waals surface area contributed by atoms with Crippen molar-refractivity contribution in [2.24, 2.45) is 0 Å². The summed E-state index contributed by atoms with van der Waals surface area (Å²) in [6.45, 7) is 1.45. The number of hydrogen-bond donors (Lipinski definition) is 3. The molecular weight excluding hydrogens is 332 g/mol. The standard InChI is InChI=1S/C19H18N4O3/c1-11(24)22-13-7-5-12(6-8-13)15-10-14(16-4-3-9-26-16)17(18(20)23-15)19(25)21-2/h3-10H,1-2H3,(H2,20,23)(H,21,25)(H,22,24). The van der Waals surface area contributed by atoms with Gasteiger partial charge >= 0.3 is 0 Å². The first-order valence-corrected chi connectivity index (χ1v) is 7.94. The van der Waals surface area contributed by atoms with Gasteiger partial charge in [-0.1, -0.05) is 12.1 Å². The maximum absolute atomic E-state index is 12.2. The van der Waals surface area contributed by atoms with Crippen LogP contribution in [0.1, 0.15) is 17.3 Å². The summed E-state index contributed by atoms with van der Waals surface area (Å²) < 4.78 is 5.45. The molecule has 26 heavy (non-hydrogen) atoms. The van der Waals surface area contributed by atoms with Crippen molar-refractivity contribution in [1.29, 1.82) is 0 Å². The zero-order chi connectivity index (χ0) is 18.7. The molecule has 2 amide bonds. The van der Waals surface area contributed by atoms with Crippen LogP contribution in [0.2, 0.25) is 0 Å². The topological polar surface area (TPSA) is 110 Å². The summed E-state index contributed by atoms with van der Waals surface area (Å²) in [4.78, 5) is 27.7. The average molecular weight is 350 g/mol. The minimum absolute atomic E-state index is 0.110. The van der Waals surface area contributed by atoms with Gasteiger partial charge in [-0.3, -0.25) is 9.59 Å². The largest absolute Gasteiger partial charge is 0.464 e. The molecule has 132 valence electrons. The summed E-state index contributed by atoms with van der Waals surface area (Å²) in [5.41, 5.74) is 8.96. The van der Waals surface area contributed by atoms with Crippen LogP contribution in [0.4, 0.5) is 11.5 Å². The highest BCUT2D eigenvalue weighted by molar-refractivity contribution is 6.04. The van der Waals surface area contributed by atoms with Crippen molar-refractivity contribution in [2.75, 3.05) is 18.1 Å². The molecule has 0 bridgehead atoms. The van der Waals surface area contributed by atoms with Gasteiger partial charge < -0.3 is 20.8 Å². The lowest BCUT2D eigenvalue weighted by molar-refractivity contribution is -0.114. The Morgan fingerprint density at radius 1 is 1.15 bits per heavy atom. The van der Waals surface area contributed by atoms with Gasteiger partial charge in [0.2, 0.25) is 5.91 Å². The Labute approximate surface area is 150 Å². The molecule has 7 nitrogen and oxygen atoms in total. The molecule has 0 atom stereocenters. The van der Waals surface area contributed by atoms with Crippen LogP contribution in [-0.4, -0.2) is 23.8 Å². The summed E-state index contributed by atoms with van der Waals surface area (Å²) in [7, 11) is 1.53. The van der Waals surface area contributed by atoms with Crippen molar-refractivity contribution < 1.29 is 14.0 Å². The summed E-state index contributed by atoms with van der Waals surface area (Å²) in [6, 6.07) is 12.4. The first-order valence-electron chi connectivity index (χ1n) is 7.94. The van der Waals surface area contributed by atoms with Crippen molar-refractivity contribution in [1.82, 2.24) is 10.3 Å². The second kappa shape index (κ2) is 7.10.